The Morgan fingerprint density at radius 1 is 1.29 bits per heavy atom. The summed E-state index contributed by atoms with van der Waals surface area (Å²) in [6.07, 6.45) is 2.65. The molecule has 2 aliphatic rings. The number of sulfone groups is 1. The first-order valence-corrected chi connectivity index (χ1v) is 12.5. The van der Waals surface area contributed by atoms with Crippen LogP contribution in [0.2, 0.25) is 0 Å². The van der Waals surface area contributed by atoms with E-state index in [0.29, 0.717) is 11.5 Å². The molecule has 1 aromatic rings. The van der Waals surface area contributed by atoms with Crippen LogP contribution in [0.5, 0.6) is 0 Å². The summed E-state index contributed by atoms with van der Waals surface area (Å²) in [5.74, 6) is 0.463. The number of morpholine rings is 1. The molecule has 0 aromatic heterocycles. The van der Waals surface area contributed by atoms with Crippen LogP contribution < -0.4 is 10.2 Å². The van der Waals surface area contributed by atoms with Crippen LogP contribution in [0.15, 0.2) is 24.3 Å². The first-order chi connectivity index (χ1) is 13.5. The summed E-state index contributed by atoms with van der Waals surface area (Å²) < 4.78 is 29.4. The number of ether oxygens (including phenoxy) is 1. The average molecular weight is 427 g/mol. The Morgan fingerprint density at radius 2 is 2.00 bits per heavy atom. The van der Waals surface area contributed by atoms with Crippen LogP contribution >= 0.6 is 12.2 Å². The van der Waals surface area contributed by atoms with Crippen molar-refractivity contribution in [3.8, 4) is 0 Å². The van der Waals surface area contributed by atoms with Crippen LogP contribution in [0.3, 0.4) is 0 Å². The molecule has 28 heavy (non-hydrogen) atoms. The Balaban J connectivity index is 1.61. The highest BCUT2D eigenvalue weighted by atomic mass is 32.2. The molecule has 2 N–H and O–H groups in total. The van der Waals surface area contributed by atoms with Crippen molar-refractivity contribution >= 4 is 32.9 Å². The molecule has 1 atom stereocenters. The standard InChI is InChI=1S/C20H31N3O3S2/c1-2-17-4-6-18(7-5-17)21-20(27)23(19-8-15-28(24,25)16-19)10-3-9-22-11-13-26-14-12-22/h4-7,19H,2-3,8-16H2,1H3,(H,21,27)/p+1/t19-/m0/s1. The van der Waals surface area contributed by atoms with Gasteiger partial charge in [-0.25, -0.2) is 8.42 Å². The topological polar surface area (TPSA) is 63.1 Å². The summed E-state index contributed by atoms with van der Waals surface area (Å²) in [6, 6.07) is 8.23. The zero-order valence-electron chi connectivity index (χ0n) is 16.7. The maximum Gasteiger partial charge on any atom is 0.173 e. The van der Waals surface area contributed by atoms with Gasteiger partial charge < -0.3 is 19.9 Å². The molecule has 0 bridgehead atoms. The van der Waals surface area contributed by atoms with E-state index in [-0.39, 0.29) is 17.5 Å². The zero-order chi connectivity index (χ0) is 20.0. The van der Waals surface area contributed by atoms with Crippen molar-refractivity contribution in [2.24, 2.45) is 0 Å². The molecule has 2 saturated heterocycles. The van der Waals surface area contributed by atoms with E-state index in [1.54, 1.807) is 4.90 Å². The monoisotopic (exact) mass is 426 g/mol. The minimum atomic E-state index is -2.95. The molecular formula is C20H32N3O3S2+. The molecule has 0 amide bonds. The highest BCUT2D eigenvalue weighted by Crippen LogP contribution is 2.20. The second kappa shape index (κ2) is 10.0. The molecule has 0 spiro atoms. The van der Waals surface area contributed by atoms with Crippen molar-refractivity contribution < 1.29 is 18.1 Å². The smallest absolute Gasteiger partial charge is 0.173 e. The molecular weight excluding hydrogens is 394 g/mol. The predicted octanol–water partition coefficient (Wildman–Crippen LogP) is 0.740. The lowest BCUT2D eigenvalue weighted by Gasteiger charge is -2.32. The van der Waals surface area contributed by atoms with E-state index < -0.39 is 9.84 Å². The Hall–Kier alpha value is -1.22. The van der Waals surface area contributed by atoms with Crippen molar-refractivity contribution in [1.29, 1.82) is 0 Å². The molecule has 2 heterocycles. The number of nitrogens with zero attached hydrogens (tertiary/aromatic N) is 1. The molecule has 2 fully saturated rings. The van der Waals surface area contributed by atoms with Gasteiger partial charge in [0.2, 0.25) is 0 Å². The first kappa shape index (κ1) is 21.5. The highest BCUT2D eigenvalue weighted by molar-refractivity contribution is 7.91. The molecule has 2 aliphatic heterocycles. The third-order valence-electron chi connectivity index (χ3n) is 5.65. The van der Waals surface area contributed by atoms with Crippen molar-refractivity contribution in [3.63, 3.8) is 0 Å². The van der Waals surface area contributed by atoms with E-state index in [2.05, 4.69) is 29.3 Å². The number of aryl methyl sites for hydroxylation is 1. The van der Waals surface area contributed by atoms with E-state index >= 15 is 0 Å². The molecule has 6 nitrogen and oxygen atoms in total. The fourth-order valence-corrected chi connectivity index (χ4v) is 5.99. The van der Waals surface area contributed by atoms with E-state index in [1.165, 1.54) is 5.56 Å². The van der Waals surface area contributed by atoms with Gasteiger partial charge in [-0.1, -0.05) is 19.1 Å². The number of hydrogen-bond donors (Lipinski definition) is 2. The first-order valence-electron chi connectivity index (χ1n) is 10.2. The van der Waals surface area contributed by atoms with Crippen molar-refractivity contribution in [2.75, 3.05) is 56.2 Å². The lowest BCUT2D eigenvalue weighted by molar-refractivity contribution is -0.908. The number of benzene rings is 1. The van der Waals surface area contributed by atoms with Crippen LogP contribution in [0.4, 0.5) is 5.69 Å². The fraction of sp³-hybridized carbons (Fsp3) is 0.650. The zero-order valence-corrected chi connectivity index (χ0v) is 18.3. The number of hydrogen-bond acceptors (Lipinski definition) is 4. The number of thiocarbonyl (C=S) groups is 1. The van der Waals surface area contributed by atoms with Crippen LogP contribution in [0.1, 0.15) is 25.3 Å². The Kier molecular flexibility index (Phi) is 7.68. The largest absolute Gasteiger partial charge is 0.370 e. The third kappa shape index (κ3) is 6.14. The van der Waals surface area contributed by atoms with Gasteiger partial charge in [-0.3, -0.25) is 0 Å². The molecule has 0 aliphatic carbocycles. The Labute approximate surface area is 174 Å². The lowest BCUT2D eigenvalue weighted by atomic mass is 10.1. The van der Waals surface area contributed by atoms with Crippen molar-refractivity contribution in [2.45, 2.75) is 32.2 Å². The number of anilines is 1. The van der Waals surface area contributed by atoms with E-state index in [9.17, 15) is 8.42 Å². The number of quaternary nitrogens is 1. The molecule has 0 unspecified atom stereocenters. The summed E-state index contributed by atoms with van der Waals surface area (Å²) in [7, 11) is -2.95. The van der Waals surface area contributed by atoms with Gasteiger partial charge in [-0.15, -0.1) is 0 Å². The van der Waals surface area contributed by atoms with Gasteiger partial charge in [0, 0.05) is 24.7 Å². The van der Waals surface area contributed by atoms with Gasteiger partial charge in [0.25, 0.3) is 0 Å². The van der Waals surface area contributed by atoms with Gasteiger partial charge >= 0.3 is 0 Å². The molecule has 3 rings (SSSR count). The second-order valence-corrected chi connectivity index (χ2v) is 10.3. The SMILES string of the molecule is CCc1ccc(NC(=S)N(CCC[NH+]2CCOCC2)[C@H]2CCS(=O)(=O)C2)cc1. The highest BCUT2D eigenvalue weighted by Gasteiger charge is 2.33. The maximum atomic E-state index is 12.0. The predicted molar refractivity (Wildman–Crippen MR) is 117 cm³/mol. The summed E-state index contributed by atoms with van der Waals surface area (Å²) in [4.78, 5) is 3.66. The number of rotatable bonds is 7. The minimum Gasteiger partial charge on any atom is -0.370 e. The van der Waals surface area contributed by atoms with E-state index in [0.717, 1.165) is 57.9 Å². The molecule has 1 aromatic carbocycles. The van der Waals surface area contributed by atoms with Gasteiger partial charge in [0.15, 0.2) is 14.9 Å². The summed E-state index contributed by atoms with van der Waals surface area (Å²) in [5, 5.41) is 3.95. The fourth-order valence-electron chi connectivity index (χ4n) is 3.90. The molecule has 8 heteroatoms. The van der Waals surface area contributed by atoms with Gasteiger partial charge in [0.05, 0.1) is 31.3 Å². The van der Waals surface area contributed by atoms with Crippen molar-refractivity contribution in [1.82, 2.24) is 4.90 Å². The van der Waals surface area contributed by atoms with Gasteiger partial charge in [-0.05, 0) is 42.8 Å². The van der Waals surface area contributed by atoms with Crippen LogP contribution in [0, 0.1) is 0 Å². The lowest BCUT2D eigenvalue weighted by Crippen LogP contribution is -3.14. The van der Waals surface area contributed by atoms with Crippen LogP contribution in [0.25, 0.3) is 0 Å². The Morgan fingerprint density at radius 3 is 2.61 bits per heavy atom. The second-order valence-electron chi connectivity index (χ2n) is 7.70. The minimum absolute atomic E-state index is 0.0281. The summed E-state index contributed by atoms with van der Waals surface area (Å²) >= 11 is 5.69. The third-order valence-corrected chi connectivity index (χ3v) is 7.74. The summed E-state index contributed by atoms with van der Waals surface area (Å²) in [6.45, 7) is 7.72. The van der Waals surface area contributed by atoms with Crippen LogP contribution in [-0.4, -0.2) is 75.4 Å². The number of nitrogens with one attached hydrogen (secondary N) is 2. The van der Waals surface area contributed by atoms with Gasteiger partial charge in [0.1, 0.15) is 13.1 Å². The normalized spacial score (nSPS) is 22.1. The molecule has 156 valence electrons. The molecule has 0 saturated carbocycles. The van der Waals surface area contributed by atoms with E-state index in [4.69, 9.17) is 17.0 Å². The maximum absolute atomic E-state index is 12.0. The van der Waals surface area contributed by atoms with Crippen LogP contribution in [-0.2, 0) is 21.0 Å². The Bertz CT molecular complexity index is 746. The molecule has 0 radical (unpaired) electrons. The van der Waals surface area contributed by atoms with Gasteiger partial charge in [-0.2, -0.15) is 0 Å². The average Bonchev–Trinajstić information content (AvgIpc) is 3.06. The van der Waals surface area contributed by atoms with Crippen molar-refractivity contribution in [3.05, 3.63) is 29.8 Å². The van der Waals surface area contributed by atoms with E-state index in [1.807, 2.05) is 12.1 Å². The summed E-state index contributed by atoms with van der Waals surface area (Å²) in [5.41, 5.74) is 2.23. The quantitative estimate of drug-likeness (QED) is 0.627.